The molecule has 0 aliphatic carbocycles. The van der Waals surface area contributed by atoms with E-state index in [1.807, 2.05) is 6.92 Å². The first-order chi connectivity index (χ1) is 10.5. The number of nitrogens with zero attached hydrogens (tertiary/aromatic N) is 1. The fraction of sp³-hybridized carbons (Fsp3) is 0.533. The lowest BCUT2D eigenvalue weighted by Gasteiger charge is -2.30. The third-order valence-corrected chi connectivity index (χ3v) is 5.13. The predicted molar refractivity (Wildman–Crippen MR) is 82.6 cm³/mol. The lowest BCUT2D eigenvalue weighted by atomic mass is 10.2. The summed E-state index contributed by atoms with van der Waals surface area (Å²) in [5.41, 5.74) is -0.104. The summed E-state index contributed by atoms with van der Waals surface area (Å²) in [6.45, 7) is 6.48. The summed E-state index contributed by atoms with van der Waals surface area (Å²) in [6, 6.07) is 5.55. The third-order valence-electron chi connectivity index (χ3n) is 3.84. The second-order valence-corrected chi connectivity index (χ2v) is 7.66. The fourth-order valence-corrected chi connectivity index (χ4v) is 3.64. The molecule has 2 atom stereocenters. The number of rotatable bonds is 4. The molecule has 0 spiro atoms. The number of hydrogen-bond donors (Lipinski definition) is 1. The number of hydrogen-bond acceptors (Lipinski definition) is 5. The van der Waals surface area contributed by atoms with E-state index in [0.29, 0.717) is 0 Å². The topological polar surface area (TPSA) is 93.1 Å². The van der Waals surface area contributed by atoms with E-state index in [9.17, 15) is 18.3 Å². The maximum atomic E-state index is 12.2. The van der Waals surface area contributed by atoms with Gasteiger partial charge in [0.25, 0.3) is 10.1 Å². The minimum absolute atomic E-state index is 0.0378. The Morgan fingerprint density at radius 1 is 1.35 bits per heavy atom. The molecule has 0 bridgehead atoms. The zero-order valence-corrected chi connectivity index (χ0v) is 14.3. The van der Waals surface area contributed by atoms with Crippen molar-refractivity contribution in [2.75, 3.05) is 6.61 Å². The molecule has 7 nitrogen and oxygen atoms in total. The van der Waals surface area contributed by atoms with Gasteiger partial charge in [0.05, 0.1) is 23.6 Å². The lowest BCUT2D eigenvalue weighted by Crippen LogP contribution is -2.49. The highest BCUT2D eigenvalue weighted by molar-refractivity contribution is 7.86. The van der Waals surface area contributed by atoms with Gasteiger partial charge in [-0.15, -0.1) is 0 Å². The summed E-state index contributed by atoms with van der Waals surface area (Å²) < 4.78 is 35.1. The Labute approximate surface area is 135 Å². The van der Waals surface area contributed by atoms with Crippen LogP contribution in [0.1, 0.15) is 26.3 Å². The molecule has 1 heterocycles. The van der Waals surface area contributed by atoms with E-state index in [0.717, 1.165) is 10.5 Å². The van der Waals surface area contributed by atoms with Crippen LogP contribution in [0.25, 0.3) is 0 Å². The highest BCUT2D eigenvalue weighted by atomic mass is 32.2. The second kappa shape index (κ2) is 6.10. The zero-order chi connectivity index (χ0) is 17.4. The molecule has 1 aliphatic heterocycles. The number of aryl methyl sites for hydroxylation is 1. The van der Waals surface area contributed by atoms with Gasteiger partial charge in [-0.2, -0.15) is 8.42 Å². The smallest absolute Gasteiger partial charge is 0.410 e. The Hall–Kier alpha value is -1.64. The van der Waals surface area contributed by atoms with Crippen LogP contribution in [0, 0.1) is 6.92 Å². The van der Waals surface area contributed by atoms with Gasteiger partial charge in [-0.25, -0.2) is 4.79 Å². The maximum absolute atomic E-state index is 12.2. The van der Waals surface area contributed by atoms with Crippen LogP contribution in [0.4, 0.5) is 4.79 Å². The normalized spacial score (nSPS) is 23.9. The zero-order valence-electron chi connectivity index (χ0n) is 13.5. The van der Waals surface area contributed by atoms with Crippen molar-refractivity contribution in [1.82, 2.24) is 4.90 Å². The average molecular weight is 343 g/mol. The highest BCUT2D eigenvalue weighted by Gasteiger charge is 2.48. The van der Waals surface area contributed by atoms with Gasteiger partial charge in [0.15, 0.2) is 0 Å². The Balaban J connectivity index is 2.15. The van der Waals surface area contributed by atoms with Crippen molar-refractivity contribution in [2.45, 2.75) is 50.5 Å². The Kier molecular flexibility index (Phi) is 4.70. The van der Waals surface area contributed by atoms with Crippen molar-refractivity contribution in [1.29, 1.82) is 0 Å². The monoisotopic (exact) mass is 343 g/mol. The van der Waals surface area contributed by atoms with E-state index < -0.39 is 34.1 Å². The molecule has 128 valence electrons. The summed E-state index contributed by atoms with van der Waals surface area (Å²) in [5.74, 6) is 0. The van der Waals surface area contributed by atoms with Crippen LogP contribution in [0.3, 0.4) is 0 Å². The van der Waals surface area contributed by atoms with E-state index in [-0.39, 0.29) is 11.5 Å². The molecule has 0 unspecified atom stereocenters. The molecular formula is C15H21NO6S. The van der Waals surface area contributed by atoms with E-state index in [1.165, 1.54) is 12.1 Å². The summed E-state index contributed by atoms with van der Waals surface area (Å²) in [5, 5.41) is 9.35. The van der Waals surface area contributed by atoms with Crippen LogP contribution in [0.2, 0.25) is 0 Å². The van der Waals surface area contributed by atoms with Crippen molar-refractivity contribution in [2.24, 2.45) is 0 Å². The molecule has 8 heteroatoms. The predicted octanol–water partition coefficient (Wildman–Crippen LogP) is 2.20. The summed E-state index contributed by atoms with van der Waals surface area (Å²) >= 11 is 0. The van der Waals surface area contributed by atoms with Crippen molar-refractivity contribution in [3.8, 4) is 0 Å². The van der Waals surface area contributed by atoms with Crippen molar-refractivity contribution < 1.29 is 27.2 Å². The van der Waals surface area contributed by atoms with Crippen LogP contribution in [-0.2, 0) is 19.0 Å². The van der Waals surface area contributed by atoms with E-state index >= 15 is 0 Å². The first kappa shape index (κ1) is 17.7. The summed E-state index contributed by atoms with van der Waals surface area (Å²) in [7, 11) is -3.95. The number of amides is 1. The quantitative estimate of drug-likeness (QED) is 0.843. The largest absolute Gasteiger partial charge is 0.465 e. The first-order valence-electron chi connectivity index (χ1n) is 7.21. The number of carboxylic acid groups (broad SMARTS) is 1. The number of carbonyl (C=O) groups is 1. The van der Waals surface area contributed by atoms with E-state index in [4.69, 9.17) is 8.92 Å². The molecule has 2 rings (SSSR count). The van der Waals surface area contributed by atoms with Gasteiger partial charge in [0, 0.05) is 0 Å². The Morgan fingerprint density at radius 2 is 1.91 bits per heavy atom. The second-order valence-electron chi connectivity index (χ2n) is 6.04. The maximum Gasteiger partial charge on any atom is 0.410 e. The van der Waals surface area contributed by atoms with Crippen LogP contribution < -0.4 is 0 Å². The first-order valence-corrected chi connectivity index (χ1v) is 8.61. The molecule has 1 aromatic carbocycles. The molecule has 0 radical (unpaired) electrons. The summed E-state index contributed by atoms with van der Waals surface area (Å²) in [6.07, 6.45) is -1.66. The molecule has 1 aliphatic rings. The molecule has 1 aromatic rings. The molecule has 1 fully saturated rings. The standard InChI is InChI=1S/C15H21NO6S/c1-10-5-7-12(8-6-10)23(19,20)21-9-13-11(2)22-15(3,4)16(13)14(17)18/h5-8,11,13H,9H2,1-4H3,(H,17,18)/t11-,13-/m1/s1. The fourth-order valence-electron chi connectivity index (χ4n) is 2.71. The highest BCUT2D eigenvalue weighted by Crippen LogP contribution is 2.32. The minimum atomic E-state index is -3.95. The van der Waals surface area contributed by atoms with E-state index in [1.54, 1.807) is 32.9 Å². The van der Waals surface area contributed by atoms with Crippen LogP contribution in [0.5, 0.6) is 0 Å². The van der Waals surface area contributed by atoms with Crippen molar-refractivity contribution in [3.63, 3.8) is 0 Å². The van der Waals surface area contributed by atoms with Crippen molar-refractivity contribution in [3.05, 3.63) is 29.8 Å². The van der Waals surface area contributed by atoms with Gasteiger partial charge < -0.3 is 9.84 Å². The molecule has 1 amide bonds. The van der Waals surface area contributed by atoms with Crippen LogP contribution in [0.15, 0.2) is 29.2 Å². The minimum Gasteiger partial charge on any atom is -0.465 e. The lowest BCUT2D eigenvalue weighted by molar-refractivity contribution is -0.0621. The van der Waals surface area contributed by atoms with Crippen LogP contribution >= 0.6 is 0 Å². The molecule has 23 heavy (non-hydrogen) atoms. The molecule has 1 N–H and O–H groups in total. The Morgan fingerprint density at radius 3 is 2.43 bits per heavy atom. The van der Waals surface area contributed by atoms with Gasteiger partial charge in [0.1, 0.15) is 5.72 Å². The average Bonchev–Trinajstić information content (AvgIpc) is 2.65. The van der Waals surface area contributed by atoms with Gasteiger partial charge in [0.2, 0.25) is 0 Å². The summed E-state index contributed by atoms with van der Waals surface area (Å²) in [4.78, 5) is 12.6. The van der Waals surface area contributed by atoms with Gasteiger partial charge in [-0.3, -0.25) is 9.08 Å². The van der Waals surface area contributed by atoms with Gasteiger partial charge in [-0.05, 0) is 39.8 Å². The molecular weight excluding hydrogens is 322 g/mol. The number of ether oxygens (including phenoxy) is 1. The van der Waals surface area contributed by atoms with E-state index in [2.05, 4.69) is 0 Å². The molecule has 0 aromatic heterocycles. The molecule has 0 saturated carbocycles. The van der Waals surface area contributed by atoms with Gasteiger partial charge in [-0.1, -0.05) is 17.7 Å². The Bertz CT molecular complexity index is 682. The van der Waals surface area contributed by atoms with Crippen molar-refractivity contribution >= 4 is 16.2 Å². The van der Waals surface area contributed by atoms with Gasteiger partial charge >= 0.3 is 6.09 Å². The number of benzene rings is 1. The molecule has 1 saturated heterocycles. The third kappa shape index (κ3) is 3.65. The van der Waals surface area contributed by atoms with Crippen LogP contribution in [-0.4, -0.2) is 49.0 Å². The SMILES string of the molecule is Cc1ccc(S(=O)(=O)OC[C@@H]2[C@@H](C)OC(C)(C)N2C(=O)O)cc1.